The summed E-state index contributed by atoms with van der Waals surface area (Å²) in [5.74, 6) is -0.549. The Kier molecular flexibility index (Phi) is 5.45. The molecule has 0 bridgehead atoms. The van der Waals surface area contributed by atoms with Gasteiger partial charge < -0.3 is 5.73 Å². The standard InChI is InChI=1S/C16H17BrF2N2/c1-21(10-12-4-2-3-5-14(12)18)16(9-20)11-6-7-15(19)13(17)8-11/h2-8,16H,9-10,20H2,1H3. The molecule has 0 aliphatic rings. The summed E-state index contributed by atoms with van der Waals surface area (Å²) in [5, 5.41) is 0. The van der Waals surface area contributed by atoms with Crippen LogP contribution in [0.25, 0.3) is 0 Å². The molecule has 0 radical (unpaired) electrons. The summed E-state index contributed by atoms with van der Waals surface area (Å²) in [4.78, 5) is 1.96. The molecule has 0 amide bonds. The molecule has 2 rings (SSSR count). The van der Waals surface area contributed by atoms with E-state index < -0.39 is 0 Å². The highest BCUT2D eigenvalue weighted by Crippen LogP contribution is 2.25. The zero-order valence-corrected chi connectivity index (χ0v) is 13.3. The monoisotopic (exact) mass is 354 g/mol. The number of hydrogen-bond acceptors (Lipinski definition) is 2. The quantitative estimate of drug-likeness (QED) is 0.883. The number of nitrogens with two attached hydrogens (primary N) is 1. The average Bonchev–Trinajstić information content (AvgIpc) is 2.46. The summed E-state index contributed by atoms with van der Waals surface area (Å²) in [5.41, 5.74) is 7.34. The van der Waals surface area contributed by atoms with E-state index in [-0.39, 0.29) is 17.7 Å². The second-order valence-corrected chi connectivity index (χ2v) is 5.79. The maximum Gasteiger partial charge on any atom is 0.137 e. The van der Waals surface area contributed by atoms with Crippen LogP contribution in [0.1, 0.15) is 17.2 Å². The number of likely N-dealkylation sites (N-methyl/N-ethyl adjacent to an activating group) is 1. The highest BCUT2D eigenvalue weighted by molar-refractivity contribution is 9.10. The highest BCUT2D eigenvalue weighted by atomic mass is 79.9. The van der Waals surface area contributed by atoms with Crippen LogP contribution >= 0.6 is 15.9 Å². The molecular weight excluding hydrogens is 338 g/mol. The third-order valence-electron chi connectivity index (χ3n) is 3.46. The molecule has 2 N–H and O–H groups in total. The van der Waals surface area contributed by atoms with Crippen LogP contribution in [0.3, 0.4) is 0 Å². The minimum absolute atomic E-state index is 0.110. The Labute approximate surface area is 131 Å². The second-order valence-electron chi connectivity index (χ2n) is 4.93. The van der Waals surface area contributed by atoms with Crippen molar-refractivity contribution in [1.29, 1.82) is 0 Å². The van der Waals surface area contributed by atoms with Gasteiger partial charge >= 0.3 is 0 Å². The molecule has 0 aliphatic carbocycles. The number of halogens is 3. The molecule has 2 nitrogen and oxygen atoms in total. The van der Waals surface area contributed by atoms with Gasteiger partial charge in [0.05, 0.1) is 4.47 Å². The van der Waals surface area contributed by atoms with Crippen LogP contribution in [-0.4, -0.2) is 18.5 Å². The first-order chi connectivity index (χ1) is 10.0. The van der Waals surface area contributed by atoms with E-state index in [1.807, 2.05) is 11.9 Å². The van der Waals surface area contributed by atoms with E-state index >= 15 is 0 Å². The van der Waals surface area contributed by atoms with Crippen molar-refractivity contribution in [1.82, 2.24) is 4.90 Å². The van der Waals surface area contributed by atoms with Crippen molar-refractivity contribution in [3.05, 3.63) is 69.7 Å². The van der Waals surface area contributed by atoms with Gasteiger partial charge in [0.1, 0.15) is 11.6 Å². The van der Waals surface area contributed by atoms with Crippen molar-refractivity contribution >= 4 is 15.9 Å². The van der Waals surface area contributed by atoms with Gasteiger partial charge in [0.2, 0.25) is 0 Å². The lowest BCUT2D eigenvalue weighted by molar-refractivity contribution is 0.238. The molecular formula is C16H17BrF2N2. The van der Waals surface area contributed by atoms with Crippen molar-refractivity contribution < 1.29 is 8.78 Å². The Morgan fingerprint density at radius 2 is 1.86 bits per heavy atom. The van der Waals surface area contributed by atoms with E-state index in [0.29, 0.717) is 23.1 Å². The molecule has 0 saturated heterocycles. The molecule has 1 atom stereocenters. The molecule has 2 aromatic carbocycles. The van der Waals surface area contributed by atoms with Gasteiger partial charge in [-0.2, -0.15) is 0 Å². The van der Waals surface area contributed by atoms with Crippen molar-refractivity contribution in [3.8, 4) is 0 Å². The molecule has 0 heterocycles. The lowest BCUT2D eigenvalue weighted by Crippen LogP contribution is -2.30. The molecule has 5 heteroatoms. The number of hydrogen-bond donors (Lipinski definition) is 1. The Hall–Kier alpha value is -1.30. The fourth-order valence-electron chi connectivity index (χ4n) is 2.30. The average molecular weight is 355 g/mol. The third kappa shape index (κ3) is 3.87. The van der Waals surface area contributed by atoms with Gasteiger partial charge in [-0.25, -0.2) is 8.78 Å². The van der Waals surface area contributed by atoms with Crippen molar-refractivity contribution in [2.24, 2.45) is 5.73 Å². The largest absolute Gasteiger partial charge is 0.329 e. The van der Waals surface area contributed by atoms with Gasteiger partial charge in [-0.05, 0) is 46.7 Å². The predicted molar refractivity (Wildman–Crippen MR) is 83.8 cm³/mol. The van der Waals surface area contributed by atoms with Crippen LogP contribution in [0.4, 0.5) is 8.78 Å². The van der Waals surface area contributed by atoms with Gasteiger partial charge in [0, 0.05) is 24.7 Å². The van der Waals surface area contributed by atoms with Crippen molar-refractivity contribution in [2.45, 2.75) is 12.6 Å². The van der Waals surface area contributed by atoms with Crippen LogP contribution in [0.5, 0.6) is 0 Å². The fourth-order valence-corrected chi connectivity index (χ4v) is 2.69. The van der Waals surface area contributed by atoms with Crippen LogP contribution in [0.2, 0.25) is 0 Å². The van der Waals surface area contributed by atoms with Crippen molar-refractivity contribution in [3.63, 3.8) is 0 Å². The van der Waals surface area contributed by atoms with Crippen LogP contribution < -0.4 is 5.73 Å². The molecule has 0 aliphatic heterocycles. The van der Waals surface area contributed by atoms with Gasteiger partial charge in [0.15, 0.2) is 0 Å². The summed E-state index contributed by atoms with van der Waals surface area (Å²) in [6.45, 7) is 0.798. The van der Waals surface area contributed by atoms with E-state index in [0.717, 1.165) is 5.56 Å². The predicted octanol–water partition coefficient (Wildman–Crippen LogP) is 3.86. The molecule has 112 valence electrons. The van der Waals surface area contributed by atoms with E-state index in [9.17, 15) is 8.78 Å². The maximum absolute atomic E-state index is 13.7. The minimum Gasteiger partial charge on any atom is -0.329 e. The first kappa shape index (κ1) is 16.1. The Morgan fingerprint density at radius 3 is 2.48 bits per heavy atom. The van der Waals surface area contributed by atoms with E-state index in [4.69, 9.17) is 5.73 Å². The minimum atomic E-state index is -0.314. The number of benzene rings is 2. The number of rotatable bonds is 5. The normalized spacial score (nSPS) is 12.7. The Balaban J connectivity index is 2.20. The van der Waals surface area contributed by atoms with Crippen LogP contribution in [0, 0.1) is 11.6 Å². The molecule has 0 fully saturated rings. The summed E-state index contributed by atoms with van der Waals surface area (Å²) in [7, 11) is 1.88. The first-order valence-electron chi connectivity index (χ1n) is 6.61. The van der Waals surface area contributed by atoms with Crippen molar-refractivity contribution in [2.75, 3.05) is 13.6 Å². The first-order valence-corrected chi connectivity index (χ1v) is 7.41. The molecule has 0 spiro atoms. The SMILES string of the molecule is CN(Cc1ccccc1F)C(CN)c1ccc(F)c(Br)c1. The van der Waals surface area contributed by atoms with Gasteiger partial charge in [-0.1, -0.05) is 24.3 Å². The van der Waals surface area contributed by atoms with Crippen LogP contribution in [-0.2, 0) is 6.54 Å². The van der Waals surface area contributed by atoms with Gasteiger partial charge in [0.25, 0.3) is 0 Å². The topological polar surface area (TPSA) is 29.3 Å². The van der Waals surface area contributed by atoms with Gasteiger partial charge in [-0.15, -0.1) is 0 Å². The maximum atomic E-state index is 13.7. The fraction of sp³-hybridized carbons (Fsp3) is 0.250. The molecule has 2 aromatic rings. The lowest BCUT2D eigenvalue weighted by Gasteiger charge is -2.27. The molecule has 21 heavy (non-hydrogen) atoms. The van der Waals surface area contributed by atoms with E-state index in [1.165, 1.54) is 12.1 Å². The Morgan fingerprint density at radius 1 is 1.14 bits per heavy atom. The highest BCUT2D eigenvalue weighted by Gasteiger charge is 2.18. The van der Waals surface area contributed by atoms with E-state index in [1.54, 1.807) is 30.3 Å². The molecule has 0 saturated carbocycles. The summed E-state index contributed by atoms with van der Waals surface area (Å²) in [6.07, 6.45) is 0. The molecule has 1 unspecified atom stereocenters. The summed E-state index contributed by atoms with van der Waals surface area (Å²) in [6, 6.07) is 11.4. The lowest BCUT2D eigenvalue weighted by atomic mass is 10.0. The Bertz CT molecular complexity index is 619. The third-order valence-corrected chi connectivity index (χ3v) is 4.07. The van der Waals surface area contributed by atoms with Crippen LogP contribution in [0.15, 0.2) is 46.9 Å². The summed E-state index contributed by atoms with van der Waals surface area (Å²) < 4.78 is 27.4. The smallest absolute Gasteiger partial charge is 0.137 e. The number of nitrogens with zero attached hydrogens (tertiary/aromatic N) is 1. The summed E-state index contributed by atoms with van der Waals surface area (Å²) >= 11 is 3.18. The zero-order chi connectivity index (χ0) is 15.4. The van der Waals surface area contributed by atoms with Gasteiger partial charge in [-0.3, -0.25) is 4.90 Å². The second kappa shape index (κ2) is 7.11. The van der Waals surface area contributed by atoms with E-state index in [2.05, 4.69) is 15.9 Å². The zero-order valence-electron chi connectivity index (χ0n) is 11.7. The molecule has 0 aromatic heterocycles.